The van der Waals surface area contributed by atoms with Crippen LogP contribution < -0.4 is 14.8 Å². The van der Waals surface area contributed by atoms with Gasteiger partial charge in [0.05, 0.1) is 24.3 Å². The molecule has 0 heterocycles. The maximum Gasteiger partial charge on any atom is 0.417 e. The number of methoxy groups -OCH3 is 1. The van der Waals surface area contributed by atoms with Crippen LogP contribution in [-0.2, 0) is 11.0 Å². The summed E-state index contributed by atoms with van der Waals surface area (Å²) < 4.78 is 49.1. The van der Waals surface area contributed by atoms with E-state index in [2.05, 4.69) is 5.32 Å². The highest BCUT2D eigenvalue weighted by atomic mass is 35.5. The molecule has 0 radical (unpaired) electrons. The van der Waals surface area contributed by atoms with Crippen molar-refractivity contribution in [1.82, 2.24) is 0 Å². The van der Waals surface area contributed by atoms with Crippen molar-refractivity contribution >= 4 is 23.2 Å². The van der Waals surface area contributed by atoms with E-state index in [0.717, 1.165) is 12.1 Å². The van der Waals surface area contributed by atoms with Crippen molar-refractivity contribution < 1.29 is 27.4 Å². The third kappa shape index (κ3) is 5.56. The maximum atomic E-state index is 12.8. The van der Waals surface area contributed by atoms with E-state index in [1.54, 1.807) is 24.3 Å². The highest BCUT2D eigenvalue weighted by Gasteiger charge is 2.33. The molecule has 8 heteroatoms. The van der Waals surface area contributed by atoms with Gasteiger partial charge >= 0.3 is 6.18 Å². The predicted octanol–water partition coefficient (Wildman–Crippen LogP) is 5.17. The first kappa shape index (κ1) is 19.9. The summed E-state index contributed by atoms with van der Waals surface area (Å²) in [4.78, 5) is 11.9. The van der Waals surface area contributed by atoms with Crippen LogP contribution in [0.15, 0.2) is 42.5 Å². The third-order valence-electron chi connectivity index (χ3n) is 3.43. The van der Waals surface area contributed by atoms with Crippen molar-refractivity contribution in [3.05, 3.63) is 53.1 Å². The highest BCUT2D eigenvalue weighted by Crippen LogP contribution is 2.36. The van der Waals surface area contributed by atoms with Gasteiger partial charge in [0.15, 0.2) is 11.5 Å². The molecule has 1 N–H and O–H groups in total. The Labute approximate surface area is 153 Å². The van der Waals surface area contributed by atoms with Gasteiger partial charge in [-0.2, -0.15) is 13.2 Å². The van der Waals surface area contributed by atoms with Crippen molar-refractivity contribution in [2.24, 2.45) is 0 Å². The van der Waals surface area contributed by atoms with Gasteiger partial charge in [-0.15, -0.1) is 0 Å². The van der Waals surface area contributed by atoms with Crippen LogP contribution in [0.2, 0.25) is 5.02 Å². The number of halogens is 4. The lowest BCUT2D eigenvalue weighted by atomic mass is 10.2. The smallest absolute Gasteiger partial charge is 0.417 e. The number of amides is 1. The van der Waals surface area contributed by atoms with Gasteiger partial charge in [0.1, 0.15) is 0 Å². The van der Waals surface area contributed by atoms with Crippen molar-refractivity contribution in [1.29, 1.82) is 0 Å². The zero-order valence-corrected chi connectivity index (χ0v) is 14.7. The molecule has 2 aromatic rings. The van der Waals surface area contributed by atoms with Crippen LogP contribution in [0.3, 0.4) is 0 Å². The Kier molecular flexibility index (Phi) is 6.74. The van der Waals surface area contributed by atoms with Crippen molar-refractivity contribution in [2.75, 3.05) is 19.0 Å². The molecular formula is C18H17ClF3NO3. The van der Waals surface area contributed by atoms with E-state index in [1.165, 1.54) is 13.2 Å². The highest BCUT2D eigenvalue weighted by molar-refractivity contribution is 6.31. The molecule has 4 nitrogen and oxygen atoms in total. The lowest BCUT2D eigenvalue weighted by Gasteiger charge is -2.12. The lowest BCUT2D eigenvalue weighted by molar-refractivity contribution is -0.137. The molecule has 0 bridgehead atoms. The molecule has 26 heavy (non-hydrogen) atoms. The number of benzene rings is 2. The summed E-state index contributed by atoms with van der Waals surface area (Å²) in [7, 11) is 1.52. The SMILES string of the molecule is COc1ccccc1OCCCC(=O)Nc1ccc(Cl)c(C(F)(F)F)c1. The van der Waals surface area contributed by atoms with Gasteiger partial charge < -0.3 is 14.8 Å². The largest absolute Gasteiger partial charge is 0.493 e. The van der Waals surface area contributed by atoms with Crippen molar-refractivity contribution in [3.8, 4) is 11.5 Å². The minimum Gasteiger partial charge on any atom is -0.493 e. The normalized spacial score (nSPS) is 11.1. The first-order chi connectivity index (χ1) is 12.3. The van der Waals surface area contributed by atoms with E-state index in [9.17, 15) is 18.0 Å². The van der Waals surface area contributed by atoms with Gasteiger partial charge in [-0.1, -0.05) is 23.7 Å². The van der Waals surface area contributed by atoms with E-state index in [1.807, 2.05) is 0 Å². The average Bonchev–Trinajstić information content (AvgIpc) is 2.59. The number of anilines is 1. The summed E-state index contributed by atoms with van der Waals surface area (Å²) in [5.74, 6) is 0.727. The van der Waals surface area contributed by atoms with Crippen LogP contribution in [0.4, 0.5) is 18.9 Å². The summed E-state index contributed by atoms with van der Waals surface area (Å²) in [6, 6.07) is 10.3. The van der Waals surface area contributed by atoms with Gasteiger partial charge in [0, 0.05) is 12.1 Å². The minimum atomic E-state index is -4.58. The van der Waals surface area contributed by atoms with Crippen LogP contribution in [0.5, 0.6) is 11.5 Å². The monoisotopic (exact) mass is 387 g/mol. The maximum absolute atomic E-state index is 12.8. The van der Waals surface area contributed by atoms with Gasteiger partial charge in [-0.25, -0.2) is 0 Å². The number of rotatable bonds is 7. The molecule has 0 atom stereocenters. The summed E-state index contributed by atoms with van der Waals surface area (Å²) >= 11 is 5.54. The number of alkyl halides is 3. The Bertz CT molecular complexity index is 766. The molecule has 0 fully saturated rings. The van der Waals surface area contributed by atoms with Gasteiger partial charge in [-0.05, 0) is 36.8 Å². The fourth-order valence-corrected chi connectivity index (χ4v) is 2.42. The molecule has 1 amide bonds. The lowest BCUT2D eigenvalue weighted by Crippen LogP contribution is -2.14. The van der Waals surface area contributed by atoms with Crippen molar-refractivity contribution in [2.45, 2.75) is 19.0 Å². The Morgan fingerprint density at radius 3 is 2.50 bits per heavy atom. The molecule has 140 valence electrons. The van der Waals surface area contributed by atoms with Crippen LogP contribution in [0.25, 0.3) is 0 Å². The Morgan fingerprint density at radius 1 is 1.15 bits per heavy atom. The van der Waals surface area contributed by atoms with Crippen LogP contribution in [-0.4, -0.2) is 19.6 Å². The number of ether oxygens (including phenoxy) is 2. The molecule has 2 aromatic carbocycles. The molecule has 0 aliphatic rings. The summed E-state index contributed by atoms with van der Waals surface area (Å²) in [6.07, 6.45) is -4.09. The Balaban J connectivity index is 1.84. The van der Waals surface area contributed by atoms with Crippen LogP contribution >= 0.6 is 11.6 Å². The molecule has 0 saturated heterocycles. The van der Waals surface area contributed by atoms with E-state index in [0.29, 0.717) is 17.9 Å². The second-order valence-corrected chi connectivity index (χ2v) is 5.75. The average molecular weight is 388 g/mol. The number of nitrogens with one attached hydrogen (secondary N) is 1. The molecule has 0 aliphatic carbocycles. The zero-order chi connectivity index (χ0) is 19.2. The molecule has 0 unspecified atom stereocenters. The quantitative estimate of drug-likeness (QED) is 0.667. The Morgan fingerprint density at radius 2 is 1.85 bits per heavy atom. The van der Waals surface area contributed by atoms with Gasteiger partial charge in [-0.3, -0.25) is 4.79 Å². The topological polar surface area (TPSA) is 47.6 Å². The first-order valence-corrected chi connectivity index (χ1v) is 8.11. The second-order valence-electron chi connectivity index (χ2n) is 5.34. The van der Waals surface area contributed by atoms with E-state index in [4.69, 9.17) is 21.1 Å². The standard InChI is InChI=1S/C18H17ClF3NO3/c1-25-15-5-2-3-6-16(15)26-10-4-7-17(24)23-12-8-9-14(19)13(11-12)18(20,21)22/h2-3,5-6,8-9,11H,4,7,10H2,1H3,(H,23,24). The number of carbonyl (C=O) groups is 1. The first-order valence-electron chi connectivity index (χ1n) is 7.73. The van der Waals surface area contributed by atoms with Gasteiger partial charge in [0.2, 0.25) is 5.91 Å². The number of hydrogen-bond acceptors (Lipinski definition) is 3. The third-order valence-corrected chi connectivity index (χ3v) is 3.76. The minimum absolute atomic E-state index is 0.0392. The zero-order valence-electron chi connectivity index (χ0n) is 13.9. The fraction of sp³-hybridized carbons (Fsp3) is 0.278. The molecule has 0 saturated carbocycles. The van der Waals surface area contributed by atoms with Crippen molar-refractivity contribution in [3.63, 3.8) is 0 Å². The molecule has 0 spiro atoms. The predicted molar refractivity (Wildman–Crippen MR) is 92.8 cm³/mol. The van der Waals surface area contributed by atoms with E-state index in [-0.39, 0.29) is 18.7 Å². The van der Waals surface area contributed by atoms with Crippen LogP contribution in [0.1, 0.15) is 18.4 Å². The number of hydrogen-bond donors (Lipinski definition) is 1. The summed E-state index contributed by atoms with van der Waals surface area (Å²) in [6.45, 7) is 0.266. The van der Waals surface area contributed by atoms with E-state index >= 15 is 0 Å². The molecule has 0 aliphatic heterocycles. The Hall–Kier alpha value is -2.41. The fourth-order valence-electron chi connectivity index (χ4n) is 2.20. The number of carbonyl (C=O) groups excluding carboxylic acids is 1. The summed E-state index contributed by atoms with van der Waals surface area (Å²) in [5, 5.41) is 2.01. The second kappa shape index (κ2) is 8.80. The van der Waals surface area contributed by atoms with Crippen LogP contribution in [0, 0.1) is 0 Å². The van der Waals surface area contributed by atoms with E-state index < -0.39 is 22.7 Å². The molecular weight excluding hydrogens is 371 g/mol. The number of para-hydroxylation sites is 2. The molecule has 0 aromatic heterocycles. The molecule has 2 rings (SSSR count). The van der Waals surface area contributed by atoms with Gasteiger partial charge in [0.25, 0.3) is 0 Å². The summed E-state index contributed by atoms with van der Waals surface area (Å²) in [5.41, 5.74) is -0.950.